The van der Waals surface area contributed by atoms with E-state index in [9.17, 15) is 0 Å². The van der Waals surface area contributed by atoms with Crippen molar-refractivity contribution < 1.29 is 4.74 Å². The normalized spacial score (nSPS) is 31.1. The molecule has 0 radical (unpaired) electrons. The minimum atomic E-state index is 0.856. The van der Waals surface area contributed by atoms with Crippen LogP contribution in [0.5, 0.6) is 0 Å². The molecule has 0 saturated carbocycles. The van der Waals surface area contributed by atoms with E-state index in [1.54, 1.807) is 0 Å². The lowest BCUT2D eigenvalue weighted by atomic mass is 9.98. The van der Waals surface area contributed by atoms with E-state index in [4.69, 9.17) is 4.74 Å². The summed E-state index contributed by atoms with van der Waals surface area (Å²) < 4.78 is 5.40. The maximum atomic E-state index is 5.40. The van der Waals surface area contributed by atoms with Crippen LogP contribution in [0.1, 0.15) is 32.6 Å². The Bertz CT molecular complexity index is 158. The van der Waals surface area contributed by atoms with Gasteiger partial charge in [-0.1, -0.05) is 6.92 Å². The lowest BCUT2D eigenvalue weighted by molar-refractivity contribution is 0.163. The van der Waals surface area contributed by atoms with Crippen molar-refractivity contribution in [1.29, 1.82) is 0 Å². The molecule has 2 heterocycles. The van der Waals surface area contributed by atoms with E-state index in [0.717, 1.165) is 25.0 Å². The van der Waals surface area contributed by atoms with Gasteiger partial charge in [-0.15, -0.1) is 0 Å². The molecule has 2 heteroatoms. The maximum Gasteiger partial charge on any atom is 0.0495 e. The fourth-order valence-electron chi connectivity index (χ4n) is 2.46. The van der Waals surface area contributed by atoms with Gasteiger partial charge in [-0.05, 0) is 57.2 Å². The number of hydrogen-bond donors (Lipinski definition) is 0. The van der Waals surface area contributed by atoms with Gasteiger partial charge in [-0.25, -0.2) is 0 Å². The summed E-state index contributed by atoms with van der Waals surface area (Å²) in [5, 5.41) is 0. The molecule has 14 heavy (non-hydrogen) atoms. The van der Waals surface area contributed by atoms with Crippen molar-refractivity contribution in [2.75, 3.05) is 32.8 Å². The molecule has 2 aliphatic rings. The monoisotopic (exact) mass is 197 g/mol. The van der Waals surface area contributed by atoms with Crippen molar-refractivity contribution >= 4 is 0 Å². The van der Waals surface area contributed by atoms with Gasteiger partial charge in [0.15, 0.2) is 0 Å². The number of ether oxygens (including phenoxy) is 1. The van der Waals surface area contributed by atoms with Gasteiger partial charge < -0.3 is 9.64 Å². The highest BCUT2D eigenvalue weighted by Gasteiger charge is 2.19. The van der Waals surface area contributed by atoms with Crippen LogP contribution in [0.15, 0.2) is 0 Å². The summed E-state index contributed by atoms with van der Waals surface area (Å²) in [5.41, 5.74) is 0. The molecule has 2 nitrogen and oxygen atoms in total. The molecular weight excluding hydrogens is 174 g/mol. The first-order valence-corrected chi connectivity index (χ1v) is 6.14. The molecule has 2 saturated heterocycles. The van der Waals surface area contributed by atoms with Gasteiger partial charge in [-0.2, -0.15) is 0 Å². The van der Waals surface area contributed by atoms with Gasteiger partial charge in [0.2, 0.25) is 0 Å². The highest BCUT2D eigenvalue weighted by atomic mass is 16.5. The Labute approximate surface area is 87.6 Å². The average Bonchev–Trinajstić information content (AvgIpc) is 2.70. The average molecular weight is 197 g/mol. The standard InChI is InChI=1S/C12H23NO/c1-11-2-6-13(7-3-11)8-4-12-5-9-14-10-12/h11-12H,2-10H2,1H3. The Morgan fingerprint density at radius 3 is 2.64 bits per heavy atom. The Morgan fingerprint density at radius 2 is 2.00 bits per heavy atom. The zero-order valence-electron chi connectivity index (χ0n) is 9.37. The van der Waals surface area contributed by atoms with E-state index in [1.165, 1.54) is 45.3 Å². The zero-order chi connectivity index (χ0) is 9.80. The molecule has 0 spiro atoms. The molecule has 0 aromatic heterocycles. The number of rotatable bonds is 3. The van der Waals surface area contributed by atoms with E-state index < -0.39 is 0 Å². The van der Waals surface area contributed by atoms with E-state index >= 15 is 0 Å². The summed E-state index contributed by atoms with van der Waals surface area (Å²) in [4.78, 5) is 2.64. The number of likely N-dealkylation sites (tertiary alicyclic amines) is 1. The van der Waals surface area contributed by atoms with Crippen LogP contribution < -0.4 is 0 Å². The largest absolute Gasteiger partial charge is 0.381 e. The third-order valence-electron chi connectivity index (χ3n) is 3.75. The minimum Gasteiger partial charge on any atom is -0.381 e. The molecule has 0 aromatic rings. The summed E-state index contributed by atoms with van der Waals surface area (Å²) in [6.07, 6.45) is 5.46. The van der Waals surface area contributed by atoms with Gasteiger partial charge in [0.25, 0.3) is 0 Å². The Morgan fingerprint density at radius 1 is 1.21 bits per heavy atom. The van der Waals surface area contributed by atoms with E-state index in [1.807, 2.05) is 0 Å². The third kappa shape index (κ3) is 2.96. The maximum absolute atomic E-state index is 5.40. The molecule has 1 atom stereocenters. The number of nitrogens with zero attached hydrogens (tertiary/aromatic N) is 1. The molecule has 0 amide bonds. The van der Waals surface area contributed by atoms with Crippen LogP contribution in [0.25, 0.3) is 0 Å². The highest BCUT2D eigenvalue weighted by molar-refractivity contribution is 4.72. The first-order valence-electron chi connectivity index (χ1n) is 6.14. The second-order valence-electron chi connectivity index (χ2n) is 5.04. The Balaban J connectivity index is 1.60. The van der Waals surface area contributed by atoms with Crippen LogP contribution in [0.4, 0.5) is 0 Å². The SMILES string of the molecule is CC1CCN(CCC2CCOC2)CC1. The quantitative estimate of drug-likeness (QED) is 0.687. The smallest absolute Gasteiger partial charge is 0.0495 e. The van der Waals surface area contributed by atoms with Crippen molar-refractivity contribution in [3.8, 4) is 0 Å². The van der Waals surface area contributed by atoms with Crippen LogP contribution >= 0.6 is 0 Å². The first-order chi connectivity index (χ1) is 6.84. The lowest BCUT2D eigenvalue weighted by Gasteiger charge is -2.30. The van der Waals surface area contributed by atoms with Crippen molar-refractivity contribution in [2.45, 2.75) is 32.6 Å². The molecule has 1 unspecified atom stereocenters. The van der Waals surface area contributed by atoms with E-state index in [2.05, 4.69) is 11.8 Å². The lowest BCUT2D eigenvalue weighted by Crippen LogP contribution is -2.34. The van der Waals surface area contributed by atoms with Crippen molar-refractivity contribution in [1.82, 2.24) is 4.90 Å². The van der Waals surface area contributed by atoms with Gasteiger partial charge >= 0.3 is 0 Å². The summed E-state index contributed by atoms with van der Waals surface area (Å²) >= 11 is 0. The number of piperidine rings is 1. The van der Waals surface area contributed by atoms with Gasteiger partial charge in [0.1, 0.15) is 0 Å². The topological polar surface area (TPSA) is 12.5 Å². The van der Waals surface area contributed by atoms with Crippen LogP contribution in [0.2, 0.25) is 0 Å². The highest BCUT2D eigenvalue weighted by Crippen LogP contribution is 2.20. The van der Waals surface area contributed by atoms with Gasteiger partial charge in [0.05, 0.1) is 0 Å². The second kappa shape index (κ2) is 5.13. The summed E-state index contributed by atoms with van der Waals surface area (Å²) in [7, 11) is 0. The van der Waals surface area contributed by atoms with Crippen LogP contribution in [-0.2, 0) is 4.74 Å². The van der Waals surface area contributed by atoms with Crippen LogP contribution in [-0.4, -0.2) is 37.7 Å². The van der Waals surface area contributed by atoms with Crippen molar-refractivity contribution in [2.24, 2.45) is 11.8 Å². The van der Waals surface area contributed by atoms with E-state index in [0.29, 0.717) is 0 Å². The summed E-state index contributed by atoms with van der Waals surface area (Å²) in [5.74, 6) is 1.82. The predicted molar refractivity (Wildman–Crippen MR) is 58.4 cm³/mol. The van der Waals surface area contributed by atoms with Crippen LogP contribution in [0.3, 0.4) is 0 Å². The molecule has 2 fully saturated rings. The molecule has 2 rings (SSSR count). The summed E-state index contributed by atoms with van der Waals surface area (Å²) in [6, 6.07) is 0. The molecule has 82 valence electrons. The molecule has 2 aliphatic heterocycles. The fraction of sp³-hybridized carbons (Fsp3) is 1.00. The fourth-order valence-corrected chi connectivity index (χ4v) is 2.46. The van der Waals surface area contributed by atoms with Crippen molar-refractivity contribution in [3.63, 3.8) is 0 Å². The zero-order valence-corrected chi connectivity index (χ0v) is 9.37. The Hall–Kier alpha value is -0.0800. The van der Waals surface area contributed by atoms with E-state index in [-0.39, 0.29) is 0 Å². The number of hydrogen-bond acceptors (Lipinski definition) is 2. The Kier molecular flexibility index (Phi) is 3.82. The third-order valence-corrected chi connectivity index (χ3v) is 3.75. The minimum absolute atomic E-state index is 0.856. The molecule has 0 bridgehead atoms. The predicted octanol–water partition coefficient (Wildman–Crippen LogP) is 2.14. The van der Waals surface area contributed by atoms with Crippen molar-refractivity contribution in [3.05, 3.63) is 0 Å². The molecule has 0 aromatic carbocycles. The molecule has 0 aliphatic carbocycles. The second-order valence-corrected chi connectivity index (χ2v) is 5.04. The molecule has 0 N–H and O–H groups in total. The first kappa shape index (κ1) is 10.4. The molecular formula is C12H23NO. The van der Waals surface area contributed by atoms with Gasteiger partial charge in [0, 0.05) is 13.2 Å². The van der Waals surface area contributed by atoms with Gasteiger partial charge in [-0.3, -0.25) is 0 Å². The summed E-state index contributed by atoms with van der Waals surface area (Å²) in [6.45, 7) is 8.36. The van der Waals surface area contributed by atoms with Crippen LogP contribution in [0, 0.1) is 11.8 Å².